The van der Waals surface area contributed by atoms with Crippen LogP contribution in [0.2, 0.25) is 0 Å². The third-order valence-corrected chi connectivity index (χ3v) is 4.73. The van der Waals surface area contributed by atoms with Gasteiger partial charge in [-0.05, 0) is 44.4 Å². The molecule has 2 heteroatoms. The molecule has 1 nitrogen and oxygen atoms in total. The molecule has 0 bridgehead atoms. The first kappa shape index (κ1) is 9.85. The van der Waals surface area contributed by atoms with Gasteiger partial charge in [0.15, 0.2) is 0 Å². The minimum absolute atomic E-state index is 0.888. The molecule has 0 amide bonds. The molecule has 1 saturated carbocycles. The molecular weight excluding hydrogens is 178 g/mol. The zero-order valence-electron chi connectivity index (χ0n) is 8.67. The summed E-state index contributed by atoms with van der Waals surface area (Å²) in [5, 5.41) is 0. The van der Waals surface area contributed by atoms with Crippen molar-refractivity contribution in [1.29, 1.82) is 0 Å². The fourth-order valence-corrected chi connectivity index (χ4v) is 3.53. The van der Waals surface area contributed by atoms with E-state index in [4.69, 9.17) is 0 Å². The number of rotatable bonds is 3. The van der Waals surface area contributed by atoms with Crippen LogP contribution in [0, 0.1) is 5.92 Å². The van der Waals surface area contributed by atoms with Crippen LogP contribution in [0.25, 0.3) is 0 Å². The van der Waals surface area contributed by atoms with Gasteiger partial charge in [0, 0.05) is 18.3 Å². The van der Waals surface area contributed by atoms with Crippen LogP contribution in [0.5, 0.6) is 0 Å². The third kappa shape index (κ3) is 2.63. The molecule has 2 fully saturated rings. The Morgan fingerprint density at radius 2 is 2.08 bits per heavy atom. The van der Waals surface area contributed by atoms with E-state index in [0.717, 1.165) is 12.0 Å². The van der Waals surface area contributed by atoms with Crippen molar-refractivity contribution in [3.05, 3.63) is 0 Å². The van der Waals surface area contributed by atoms with Crippen LogP contribution in [-0.2, 0) is 0 Å². The number of thioether (sulfide) groups is 1. The van der Waals surface area contributed by atoms with Gasteiger partial charge in [0.1, 0.15) is 0 Å². The highest BCUT2D eigenvalue weighted by Crippen LogP contribution is 2.29. The van der Waals surface area contributed by atoms with Crippen molar-refractivity contribution in [3.63, 3.8) is 0 Å². The summed E-state index contributed by atoms with van der Waals surface area (Å²) in [6.07, 6.45) is 7.34. The predicted octanol–water partition coefficient (Wildman–Crippen LogP) is 2.61. The minimum atomic E-state index is 0.888. The van der Waals surface area contributed by atoms with Crippen molar-refractivity contribution in [2.75, 3.05) is 25.1 Å². The molecule has 0 N–H and O–H groups in total. The molecule has 2 rings (SSSR count). The second-order valence-electron chi connectivity index (χ2n) is 4.61. The Balaban J connectivity index is 1.70. The quantitative estimate of drug-likeness (QED) is 0.687. The monoisotopic (exact) mass is 199 g/mol. The van der Waals surface area contributed by atoms with E-state index >= 15 is 0 Å². The maximum absolute atomic E-state index is 2.62. The normalized spacial score (nSPS) is 30.5. The van der Waals surface area contributed by atoms with Gasteiger partial charge in [-0.2, -0.15) is 11.8 Å². The predicted molar refractivity (Wildman–Crippen MR) is 60.3 cm³/mol. The fraction of sp³-hybridized carbons (Fsp3) is 1.00. The van der Waals surface area contributed by atoms with Crippen LogP contribution >= 0.6 is 11.8 Å². The molecular formula is C11H21NS. The Morgan fingerprint density at radius 3 is 2.62 bits per heavy atom. The number of hydrogen-bond acceptors (Lipinski definition) is 2. The lowest BCUT2D eigenvalue weighted by Crippen LogP contribution is -2.40. The van der Waals surface area contributed by atoms with Crippen LogP contribution in [-0.4, -0.2) is 36.0 Å². The molecule has 1 aliphatic carbocycles. The average Bonchev–Trinajstić information content (AvgIpc) is 2.12. The van der Waals surface area contributed by atoms with E-state index in [9.17, 15) is 0 Å². The van der Waals surface area contributed by atoms with Crippen molar-refractivity contribution in [1.82, 2.24) is 4.90 Å². The first-order valence-corrected chi connectivity index (χ1v) is 6.79. The first-order chi connectivity index (χ1) is 6.36. The van der Waals surface area contributed by atoms with Gasteiger partial charge in [-0.25, -0.2) is 0 Å². The van der Waals surface area contributed by atoms with E-state index in [1.165, 1.54) is 50.2 Å². The molecule has 1 unspecified atom stereocenters. The smallest absolute Gasteiger partial charge is 0.0183 e. The van der Waals surface area contributed by atoms with E-state index in [2.05, 4.69) is 23.7 Å². The molecule has 76 valence electrons. The topological polar surface area (TPSA) is 3.24 Å². The summed E-state index contributed by atoms with van der Waals surface area (Å²) in [7, 11) is 2.33. The molecule has 0 aromatic carbocycles. The molecule has 0 aromatic rings. The summed E-state index contributed by atoms with van der Waals surface area (Å²) < 4.78 is 0. The molecule has 13 heavy (non-hydrogen) atoms. The molecule has 1 aliphatic heterocycles. The summed E-state index contributed by atoms with van der Waals surface area (Å²) in [4.78, 5) is 2.62. The molecule has 2 aliphatic rings. The van der Waals surface area contributed by atoms with Crippen LogP contribution in [0.3, 0.4) is 0 Å². The van der Waals surface area contributed by atoms with Gasteiger partial charge in [0.05, 0.1) is 0 Å². The zero-order valence-corrected chi connectivity index (χ0v) is 9.48. The summed E-state index contributed by atoms with van der Waals surface area (Å²) >= 11 is 2.14. The van der Waals surface area contributed by atoms with E-state index < -0.39 is 0 Å². The Hall–Kier alpha value is 0.310. The van der Waals surface area contributed by atoms with E-state index in [0.29, 0.717) is 0 Å². The number of hydrogen-bond donors (Lipinski definition) is 0. The standard InChI is InChI=1S/C11H21NS/c1-12(8-10-4-2-5-10)11-6-3-7-13-9-11/h10-11H,2-9H2,1H3. The maximum atomic E-state index is 2.62. The summed E-state index contributed by atoms with van der Waals surface area (Å²) in [5.41, 5.74) is 0. The van der Waals surface area contributed by atoms with Crippen molar-refractivity contribution in [3.8, 4) is 0 Å². The highest BCUT2D eigenvalue weighted by Gasteiger charge is 2.24. The van der Waals surface area contributed by atoms with Gasteiger partial charge in [-0.3, -0.25) is 0 Å². The summed E-state index contributed by atoms with van der Waals surface area (Å²) in [6, 6.07) is 0.888. The Morgan fingerprint density at radius 1 is 1.23 bits per heavy atom. The first-order valence-electron chi connectivity index (χ1n) is 5.64. The van der Waals surface area contributed by atoms with Gasteiger partial charge < -0.3 is 4.90 Å². The maximum Gasteiger partial charge on any atom is 0.0183 e. The SMILES string of the molecule is CN(CC1CCC1)C1CCCSC1. The minimum Gasteiger partial charge on any atom is -0.302 e. The van der Waals surface area contributed by atoms with Crippen LogP contribution in [0.15, 0.2) is 0 Å². The van der Waals surface area contributed by atoms with Crippen molar-refractivity contribution in [2.24, 2.45) is 5.92 Å². The lowest BCUT2D eigenvalue weighted by molar-refractivity contribution is 0.164. The largest absolute Gasteiger partial charge is 0.302 e. The third-order valence-electron chi connectivity index (χ3n) is 3.53. The second kappa shape index (κ2) is 4.70. The highest BCUT2D eigenvalue weighted by molar-refractivity contribution is 7.99. The fourth-order valence-electron chi connectivity index (χ4n) is 2.30. The number of nitrogens with zero attached hydrogens (tertiary/aromatic N) is 1. The zero-order chi connectivity index (χ0) is 9.10. The summed E-state index contributed by atoms with van der Waals surface area (Å²) in [5.74, 6) is 3.81. The van der Waals surface area contributed by atoms with Gasteiger partial charge in [-0.15, -0.1) is 0 Å². The molecule has 0 spiro atoms. The van der Waals surface area contributed by atoms with Crippen molar-refractivity contribution >= 4 is 11.8 Å². The molecule has 1 atom stereocenters. The van der Waals surface area contributed by atoms with Crippen LogP contribution < -0.4 is 0 Å². The van der Waals surface area contributed by atoms with Crippen LogP contribution in [0.1, 0.15) is 32.1 Å². The second-order valence-corrected chi connectivity index (χ2v) is 5.76. The van der Waals surface area contributed by atoms with Crippen LogP contribution in [0.4, 0.5) is 0 Å². The van der Waals surface area contributed by atoms with Gasteiger partial charge in [0.25, 0.3) is 0 Å². The Labute approximate surface area is 86.3 Å². The molecule has 1 heterocycles. The van der Waals surface area contributed by atoms with Crippen molar-refractivity contribution < 1.29 is 0 Å². The average molecular weight is 199 g/mol. The van der Waals surface area contributed by atoms with Gasteiger partial charge in [0.2, 0.25) is 0 Å². The highest BCUT2D eigenvalue weighted by atomic mass is 32.2. The molecule has 0 radical (unpaired) electrons. The molecule has 1 saturated heterocycles. The molecule has 0 aromatic heterocycles. The van der Waals surface area contributed by atoms with Crippen molar-refractivity contribution in [2.45, 2.75) is 38.1 Å². The lowest BCUT2D eigenvalue weighted by atomic mass is 9.85. The van der Waals surface area contributed by atoms with E-state index in [1.807, 2.05) is 0 Å². The van der Waals surface area contributed by atoms with E-state index in [-0.39, 0.29) is 0 Å². The van der Waals surface area contributed by atoms with Gasteiger partial charge >= 0.3 is 0 Å². The Kier molecular flexibility index (Phi) is 3.56. The van der Waals surface area contributed by atoms with Gasteiger partial charge in [-0.1, -0.05) is 6.42 Å². The van der Waals surface area contributed by atoms with E-state index in [1.54, 1.807) is 0 Å². The lowest BCUT2D eigenvalue weighted by Gasteiger charge is -2.36. The summed E-state index contributed by atoms with van der Waals surface area (Å²) in [6.45, 7) is 1.37. The Bertz CT molecular complexity index is 150.